The lowest BCUT2D eigenvalue weighted by Crippen LogP contribution is -2.12. The highest BCUT2D eigenvalue weighted by atomic mass is 32.2. The van der Waals surface area contributed by atoms with E-state index >= 15 is 0 Å². The van der Waals surface area contributed by atoms with Crippen molar-refractivity contribution >= 4 is 29.3 Å². The van der Waals surface area contributed by atoms with Crippen LogP contribution >= 0.6 is 11.8 Å². The van der Waals surface area contributed by atoms with E-state index in [1.165, 1.54) is 13.2 Å². The minimum Gasteiger partial charge on any atom is -0.467 e. The summed E-state index contributed by atoms with van der Waals surface area (Å²) in [7, 11) is 1.43. The van der Waals surface area contributed by atoms with E-state index in [4.69, 9.17) is 22.0 Å². The summed E-state index contributed by atoms with van der Waals surface area (Å²) < 4.78 is 4.92. The van der Waals surface area contributed by atoms with Crippen molar-refractivity contribution in [3.8, 4) is 6.01 Å². The molecule has 0 spiro atoms. The zero-order chi connectivity index (χ0) is 13.8. The minimum atomic E-state index is 0.113. The van der Waals surface area contributed by atoms with Crippen LogP contribution in [0.25, 0.3) is 0 Å². The molecule has 2 aromatic heterocycles. The Morgan fingerprint density at radius 1 is 1.05 bits per heavy atom. The van der Waals surface area contributed by atoms with E-state index < -0.39 is 0 Å². The molecule has 0 aromatic carbocycles. The minimum absolute atomic E-state index is 0.113. The first-order valence-corrected chi connectivity index (χ1v) is 5.77. The number of nitrogens with one attached hydrogen (secondary N) is 1. The fourth-order valence-corrected chi connectivity index (χ4v) is 1.85. The number of anilines is 3. The lowest BCUT2D eigenvalue weighted by atomic mass is 10.5. The first-order chi connectivity index (χ1) is 9.10. The van der Waals surface area contributed by atoms with Gasteiger partial charge in [0.25, 0.3) is 0 Å². The van der Waals surface area contributed by atoms with Crippen LogP contribution in [0.15, 0.2) is 16.4 Å². The molecule has 0 aliphatic heterocycles. The Hall–Kier alpha value is -2.40. The molecule has 7 N–H and O–H groups in total. The number of hydrogen-bond donors (Lipinski definition) is 4. The lowest BCUT2D eigenvalue weighted by Gasteiger charge is -2.05. The van der Waals surface area contributed by atoms with Crippen LogP contribution in [0.1, 0.15) is 0 Å². The number of hydrazine groups is 1. The first-order valence-electron chi connectivity index (χ1n) is 4.95. The maximum atomic E-state index is 5.57. The monoisotopic (exact) mass is 281 g/mol. The molecule has 0 bridgehead atoms. The number of ether oxygens (including phenoxy) is 1. The molecular formula is C8H11N9OS. The molecule has 2 heterocycles. The summed E-state index contributed by atoms with van der Waals surface area (Å²) in [5, 5.41) is 0.610. The molecule has 0 atom stereocenters. The molecule has 2 aromatic rings. The highest BCUT2D eigenvalue weighted by Crippen LogP contribution is 2.24. The third-order valence-corrected chi connectivity index (χ3v) is 2.56. The number of nitrogen functional groups attached to an aromatic ring is 3. The Bertz CT molecular complexity index is 550. The fraction of sp³-hybridized carbons (Fsp3) is 0.125. The molecule has 10 nitrogen and oxygen atoms in total. The van der Waals surface area contributed by atoms with Gasteiger partial charge in [0, 0.05) is 6.07 Å². The van der Waals surface area contributed by atoms with Gasteiger partial charge in [0.2, 0.25) is 11.1 Å². The topological polar surface area (TPSA) is 164 Å². The van der Waals surface area contributed by atoms with Crippen LogP contribution in [0, 0.1) is 0 Å². The van der Waals surface area contributed by atoms with Crippen LogP contribution in [0.4, 0.5) is 17.6 Å². The lowest BCUT2D eigenvalue weighted by molar-refractivity contribution is 0.373. The number of nitrogens with two attached hydrogens (primary N) is 3. The number of hydrogen-bond acceptors (Lipinski definition) is 11. The van der Waals surface area contributed by atoms with Crippen molar-refractivity contribution in [2.75, 3.05) is 24.0 Å². The van der Waals surface area contributed by atoms with Crippen LogP contribution in [0.5, 0.6) is 6.01 Å². The fourth-order valence-electron chi connectivity index (χ4n) is 1.13. The van der Waals surface area contributed by atoms with Crippen LogP contribution in [0.2, 0.25) is 0 Å². The molecule has 0 aliphatic carbocycles. The average molecular weight is 281 g/mol. The van der Waals surface area contributed by atoms with E-state index in [-0.39, 0.29) is 23.6 Å². The van der Waals surface area contributed by atoms with Crippen LogP contribution in [0.3, 0.4) is 0 Å². The standard InChI is InChI=1S/C8H11N9OS/c1-18-6-14-5(17-11)15-8(16-6)19-7-12-3(9)2-4(10)13-7/h2H,11H2,1H3,(H4,9,10,12,13)(H,14,15,16,17). The Kier molecular flexibility index (Phi) is 3.77. The van der Waals surface area contributed by atoms with Gasteiger partial charge in [-0.25, -0.2) is 15.8 Å². The highest BCUT2D eigenvalue weighted by molar-refractivity contribution is 7.99. The van der Waals surface area contributed by atoms with Crippen molar-refractivity contribution in [3.63, 3.8) is 0 Å². The van der Waals surface area contributed by atoms with E-state index in [0.29, 0.717) is 10.3 Å². The summed E-state index contributed by atoms with van der Waals surface area (Å²) in [6.07, 6.45) is 0. The highest BCUT2D eigenvalue weighted by Gasteiger charge is 2.10. The molecule has 11 heteroatoms. The van der Waals surface area contributed by atoms with Gasteiger partial charge in [-0.15, -0.1) is 0 Å². The van der Waals surface area contributed by atoms with Crippen LogP contribution < -0.4 is 27.5 Å². The van der Waals surface area contributed by atoms with Gasteiger partial charge in [-0.3, -0.25) is 5.43 Å². The number of aromatic nitrogens is 5. The van der Waals surface area contributed by atoms with Gasteiger partial charge >= 0.3 is 6.01 Å². The summed E-state index contributed by atoms with van der Waals surface area (Å²) in [5.41, 5.74) is 13.4. The van der Waals surface area contributed by atoms with Crippen LogP contribution in [-0.4, -0.2) is 32.0 Å². The van der Waals surface area contributed by atoms with Gasteiger partial charge in [0.05, 0.1) is 7.11 Å². The van der Waals surface area contributed by atoms with Crippen molar-refractivity contribution in [2.24, 2.45) is 5.84 Å². The summed E-state index contributed by atoms with van der Waals surface area (Å²) >= 11 is 1.05. The van der Waals surface area contributed by atoms with Crippen molar-refractivity contribution in [2.45, 2.75) is 10.3 Å². The smallest absolute Gasteiger partial charge is 0.322 e. The maximum absolute atomic E-state index is 5.57. The molecule has 0 saturated carbocycles. The summed E-state index contributed by atoms with van der Waals surface area (Å²) in [6.45, 7) is 0. The molecule has 0 aliphatic rings. The van der Waals surface area contributed by atoms with E-state index in [2.05, 4.69) is 30.3 Å². The normalized spacial score (nSPS) is 10.2. The SMILES string of the molecule is COc1nc(NN)nc(Sc2nc(N)cc(N)n2)n1. The average Bonchev–Trinajstić information content (AvgIpc) is 2.37. The second-order valence-electron chi connectivity index (χ2n) is 3.17. The third kappa shape index (κ3) is 3.29. The summed E-state index contributed by atoms with van der Waals surface area (Å²) in [5.74, 6) is 5.92. The number of methoxy groups -OCH3 is 1. The van der Waals surface area contributed by atoms with Crippen molar-refractivity contribution in [3.05, 3.63) is 6.07 Å². The number of rotatable bonds is 4. The molecule has 0 saturated heterocycles. The zero-order valence-corrected chi connectivity index (χ0v) is 10.7. The largest absolute Gasteiger partial charge is 0.467 e. The second kappa shape index (κ2) is 5.49. The molecule has 0 fully saturated rings. The van der Waals surface area contributed by atoms with E-state index in [1.807, 2.05) is 0 Å². The van der Waals surface area contributed by atoms with Crippen LogP contribution in [-0.2, 0) is 0 Å². The molecule has 0 amide bonds. The van der Waals surface area contributed by atoms with Crippen molar-refractivity contribution < 1.29 is 4.74 Å². The predicted molar refractivity (Wildman–Crippen MR) is 69.2 cm³/mol. The Morgan fingerprint density at radius 3 is 2.26 bits per heavy atom. The second-order valence-corrected chi connectivity index (χ2v) is 4.11. The van der Waals surface area contributed by atoms with Crippen molar-refractivity contribution in [1.29, 1.82) is 0 Å². The van der Waals surface area contributed by atoms with Gasteiger partial charge < -0.3 is 16.2 Å². The summed E-state index contributed by atoms with van der Waals surface area (Å²) in [4.78, 5) is 19.9. The van der Waals surface area contributed by atoms with E-state index in [0.717, 1.165) is 11.8 Å². The summed E-state index contributed by atoms with van der Waals surface area (Å²) in [6, 6.07) is 1.56. The third-order valence-electron chi connectivity index (χ3n) is 1.83. The Morgan fingerprint density at radius 2 is 1.68 bits per heavy atom. The van der Waals surface area contributed by atoms with Crippen molar-refractivity contribution in [1.82, 2.24) is 24.9 Å². The zero-order valence-electron chi connectivity index (χ0n) is 9.86. The first kappa shape index (κ1) is 13.0. The molecule has 19 heavy (non-hydrogen) atoms. The molecular weight excluding hydrogens is 270 g/mol. The maximum Gasteiger partial charge on any atom is 0.322 e. The van der Waals surface area contributed by atoms with Gasteiger partial charge in [0.1, 0.15) is 11.6 Å². The molecule has 2 rings (SSSR count). The van der Waals surface area contributed by atoms with Gasteiger partial charge in [-0.1, -0.05) is 0 Å². The van der Waals surface area contributed by atoms with E-state index in [1.54, 1.807) is 0 Å². The van der Waals surface area contributed by atoms with Gasteiger partial charge in [0.15, 0.2) is 5.16 Å². The van der Waals surface area contributed by atoms with Gasteiger partial charge in [-0.05, 0) is 11.8 Å². The quantitative estimate of drug-likeness (QED) is 0.317. The molecule has 0 radical (unpaired) electrons. The Balaban J connectivity index is 2.31. The molecule has 100 valence electrons. The Labute approximate surface area is 112 Å². The van der Waals surface area contributed by atoms with Gasteiger partial charge in [-0.2, -0.15) is 15.0 Å². The predicted octanol–water partition coefficient (Wildman–Crippen LogP) is -0.729. The molecule has 0 unspecified atom stereocenters. The number of nitrogens with zero attached hydrogens (tertiary/aromatic N) is 5. The van der Waals surface area contributed by atoms with E-state index in [9.17, 15) is 0 Å².